The number of carbonyl (C=O) groups excluding carboxylic acids is 2. The van der Waals surface area contributed by atoms with Gasteiger partial charge < -0.3 is 10.4 Å². The Morgan fingerprint density at radius 1 is 1.00 bits per heavy atom. The van der Waals surface area contributed by atoms with E-state index in [1.807, 2.05) is 24.3 Å². The van der Waals surface area contributed by atoms with Crippen molar-refractivity contribution in [2.75, 3.05) is 4.90 Å². The van der Waals surface area contributed by atoms with Gasteiger partial charge in [0, 0.05) is 18.0 Å². The molecule has 1 atom stereocenters. The van der Waals surface area contributed by atoms with Crippen LogP contribution in [0.25, 0.3) is 10.9 Å². The number of sulfone groups is 1. The van der Waals surface area contributed by atoms with Crippen LogP contribution in [0.15, 0.2) is 65.7 Å². The molecule has 0 spiro atoms. The molecular formula is C23H17F6N3O6S. The number of para-hydroxylation sites is 1. The maximum atomic E-state index is 13.1. The van der Waals surface area contributed by atoms with E-state index in [1.165, 1.54) is 0 Å². The topological polar surface area (TPSA) is 134 Å². The fraction of sp³-hybridized carbons (Fsp3) is 0.217. The molecule has 0 unspecified atom stereocenters. The number of imide groups is 1. The normalized spacial score (nSPS) is 18.0. The van der Waals surface area contributed by atoms with E-state index in [1.54, 1.807) is 19.2 Å². The summed E-state index contributed by atoms with van der Waals surface area (Å²) < 4.78 is 93.0. The Balaban J connectivity index is 0.000000532. The predicted molar refractivity (Wildman–Crippen MR) is 123 cm³/mol. The first kappa shape index (κ1) is 29.3. The molecule has 3 aromatic rings. The van der Waals surface area contributed by atoms with Gasteiger partial charge in [-0.15, -0.1) is 0 Å². The molecule has 4 rings (SSSR count). The smallest absolute Gasteiger partial charge is 0.475 e. The fourth-order valence-electron chi connectivity index (χ4n) is 3.64. The standard InChI is InChI=1S/C21H16F3N3O4S.C2HF3O2/c1-20(12-13-10-11-25-17-5-3-2-4-16(13)17)18(28)27(19(29)26-20)14-6-8-15(9-7-14)32(30,31)21(22,23)24;3-2(4,5)1(6)7/h2-11H,12H2,1H3,(H,26,29);(H,6,7)/t20-;/m0./s1. The van der Waals surface area contributed by atoms with Gasteiger partial charge in [0.1, 0.15) is 5.54 Å². The van der Waals surface area contributed by atoms with Crippen molar-refractivity contribution in [2.45, 2.75) is 35.5 Å². The first-order valence-electron chi connectivity index (χ1n) is 10.6. The molecule has 2 heterocycles. The van der Waals surface area contributed by atoms with Gasteiger partial charge in [0.25, 0.3) is 15.7 Å². The van der Waals surface area contributed by atoms with Crippen molar-refractivity contribution >= 4 is 44.3 Å². The number of hydrogen-bond acceptors (Lipinski definition) is 6. The summed E-state index contributed by atoms with van der Waals surface area (Å²) >= 11 is 0. The van der Waals surface area contributed by atoms with Crippen LogP contribution < -0.4 is 10.2 Å². The molecular weight excluding hydrogens is 560 g/mol. The van der Waals surface area contributed by atoms with Gasteiger partial charge in [0.2, 0.25) is 0 Å². The van der Waals surface area contributed by atoms with Crippen molar-refractivity contribution in [1.29, 1.82) is 0 Å². The zero-order valence-corrected chi connectivity index (χ0v) is 20.4. The van der Waals surface area contributed by atoms with Gasteiger partial charge in [-0.2, -0.15) is 26.3 Å². The van der Waals surface area contributed by atoms with E-state index >= 15 is 0 Å². The van der Waals surface area contributed by atoms with Crippen LogP contribution in [0.5, 0.6) is 0 Å². The molecule has 2 aromatic carbocycles. The number of carbonyl (C=O) groups is 3. The monoisotopic (exact) mass is 577 g/mol. The molecule has 1 saturated heterocycles. The number of nitrogens with one attached hydrogen (secondary N) is 1. The van der Waals surface area contributed by atoms with Crippen LogP contribution >= 0.6 is 0 Å². The van der Waals surface area contributed by atoms with Gasteiger partial charge in [-0.1, -0.05) is 18.2 Å². The van der Waals surface area contributed by atoms with Crippen molar-refractivity contribution < 1.29 is 54.3 Å². The zero-order valence-electron chi connectivity index (χ0n) is 19.5. The SMILES string of the molecule is C[C@@]1(Cc2ccnc3ccccc23)NC(=O)N(c2ccc(S(=O)(=O)C(F)(F)F)cc2)C1=O.O=C(O)C(F)(F)F. The maximum Gasteiger partial charge on any atom is 0.501 e. The lowest BCUT2D eigenvalue weighted by molar-refractivity contribution is -0.192. The number of pyridine rings is 1. The van der Waals surface area contributed by atoms with Crippen LogP contribution in [0.2, 0.25) is 0 Å². The number of anilines is 1. The number of benzene rings is 2. The van der Waals surface area contributed by atoms with E-state index in [2.05, 4.69) is 10.3 Å². The molecule has 1 fully saturated rings. The predicted octanol–water partition coefficient (Wildman–Crippen LogP) is 4.22. The number of amides is 3. The van der Waals surface area contributed by atoms with E-state index in [0.717, 1.165) is 33.5 Å². The van der Waals surface area contributed by atoms with Gasteiger partial charge in [0.05, 0.1) is 16.1 Å². The zero-order chi connectivity index (χ0) is 29.4. The van der Waals surface area contributed by atoms with Crippen LogP contribution in [-0.2, 0) is 25.8 Å². The summed E-state index contributed by atoms with van der Waals surface area (Å²) in [5, 5.41) is 10.6. The number of urea groups is 1. The minimum absolute atomic E-state index is 0.0445. The Bertz CT molecular complexity index is 1540. The molecule has 39 heavy (non-hydrogen) atoms. The highest BCUT2D eigenvalue weighted by molar-refractivity contribution is 7.92. The molecule has 3 amide bonds. The largest absolute Gasteiger partial charge is 0.501 e. The molecule has 2 N–H and O–H groups in total. The minimum Gasteiger partial charge on any atom is -0.475 e. The van der Waals surface area contributed by atoms with Crippen molar-refractivity contribution in [3.05, 3.63) is 66.4 Å². The van der Waals surface area contributed by atoms with Gasteiger partial charge in [-0.05, 0) is 48.9 Å². The van der Waals surface area contributed by atoms with Gasteiger partial charge >= 0.3 is 23.7 Å². The molecule has 16 heteroatoms. The number of aliphatic carboxylic acids is 1. The van der Waals surface area contributed by atoms with E-state index < -0.39 is 49.9 Å². The summed E-state index contributed by atoms with van der Waals surface area (Å²) in [6.07, 6.45) is -3.34. The van der Waals surface area contributed by atoms with E-state index in [0.29, 0.717) is 12.1 Å². The highest BCUT2D eigenvalue weighted by Crippen LogP contribution is 2.33. The van der Waals surface area contributed by atoms with Crippen LogP contribution in [0.4, 0.5) is 36.8 Å². The third kappa shape index (κ3) is 5.94. The Hall–Kier alpha value is -4.21. The minimum atomic E-state index is -5.54. The number of carboxylic acids is 1. The molecule has 0 radical (unpaired) electrons. The molecule has 1 aliphatic rings. The lowest BCUT2D eigenvalue weighted by Crippen LogP contribution is -2.46. The first-order chi connectivity index (χ1) is 17.9. The molecule has 0 saturated carbocycles. The molecule has 0 bridgehead atoms. The van der Waals surface area contributed by atoms with Crippen LogP contribution in [-0.4, -0.2) is 53.6 Å². The van der Waals surface area contributed by atoms with Gasteiger partial charge in [0.15, 0.2) is 0 Å². The highest BCUT2D eigenvalue weighted by Gasteiger charge is 2.49. The Labute approximate surface area is 216 Å². The average molecular weight is 577 g/mol. The summed E-state index contributed by atoms with van der Waals surface area (Å²) in [4.78, 5) is 38.7. The fourth-order valence-corrected chi connectivity index (χ4v) is 4.40. The number of alkyl halides is 6. The number of fused-ring (bicyclic) bond motifs is 1. The summed E-state index contributed by atoms with van der Waals surface area (Å²) in [5.74, 6) is -3.37. The number of halogens is 6. The number of hydrogen-bond donors (Lipinski definition) is 2. The second-order valence-corrected chi connectivity index (χ2v) is 10.3. The van der Waals surface area contributed by atoms with Crippen LogP contribution in [0, 0.1) is 0 Å². The molecule has 1 aromatic heterocycles. The second kappa shape index (κ2) is 10.2. The molecule has 9 nitrogen and oxygen atoms in total. The number of nitrogens with zero attached hydrogens (tertiary/aromatic N) is 2. The third-order valence-electron chi connectivity index (χ3n) is 5.50. The third-order valence-corrected chi connectivity index (χ3v) is 7.00. The highest BCUT2D eigenvalue weighted by atomic mass is 32.2. The van der Waals surface area contributed by atoms with E-state index in [9.17, 15) is 44.3 Å². The van der Waals surface area contributed by atoms with Crippen molar-refractivity contribution in [1.82, 2.24) is 10.3 Å². The molecule has 0 aliphatic carbocycles. The lowest BCUT2D eigenvalue weighted by Gasteiger charge is -2.22. The van der Waals surface area contributed by atoms with Gasteiger partial charge in [-0.25, -0.2) is 22.9 Å². The van der Waals surface area contributed by atoms with Crippen LogP contribution in [0.3, 0.4) is 0 Å². The Kier molecular flexibility index (Phi) is 7.65. The number of carboxylic acid groups (broad SMARTS) is 1. The Morgan fingerprint density at radius 2 is 1.56 bits per heavy atom. The Morgan fingerprint density at radius 3 is 2.10 bits per heavy atom. The summed E-state index contributed by atoms with van der Waals surface area (Å²) in [5.41, 5.74) is -5.32. The second-order valence-electron chi connectivity index (χ2n) is 8.31. The number of rotatable bonds is 4. The van der Waals surface area contributed by atoms with Crippen molar-refractivity contribution in [2.24, 2.45) is 0 Å². The summed E-state index contributed by atoms with van der Waals surface area (Å²) in [6, 6.07) is 11.7. The van der Waals surface area contributed by atoms with Gasteiger partial charge in [-0.3, -0.25) is 9.78 Å². The van der Waals surface area contributed by atoms with Crippen molar-refractivity contribution in [3.8, 4) is 0 Å². The van der Waals surface area contributed by atoms with E-state index in [-0.39, 0.29) is 12.1 Å². The summed E-state index contributed by atoms with van der Waals surface area (Å²) in [6.45, 7) is 1.55. The quantitative estimate of drug-likeness (QED) is 0.350. The first-order valence-corrected chi connectivity index (χ1v) is 12.1. The lowest BCUT2D eigenvalue weighted by atomic mass is 9.91. The van der Waals surface area contributed by atoms with Crippen molar-refractivity contribution in [3.63, 3.8) is 0 Å². The van der Waals surface area contributed by atoms with E-state index in [4.69, 9.17) is 9.90 Å². The van der Waals surface area contributed by atoms with Crippen LogP contribution in [0.1, 0.15) is 12.5 Å². The maximum absolute atomic E-state index is 13.1. The molecule has 208 valence electrons. The summed E-state index contributed by atoms with van der Waals surface area (Å²) in [7, 11) is -5.54. The average Bonchev–Trinajstić information content (AvgIpc) is 3.06. The number of aromatic nitrogens is 1. The molecule has 1 aliphatic heterocycles.